The molecule has 3 aromatic carbocycles. The number of esters is 4. The van der Waals surface area contributed by atoms with Crippen molar-refractivity contribution in [2.24, 2.45) is 0 Å². The molecule has 2 aliphatic heterocycles. The van der Waals surface area contributed by atoms with E-state index in [0.717, 1.165) is 37.5 Å². The summed E-state index contributed by atoms with van der Waals surface area (Å²) >= 11 is 0. The van der Waals surface area contributed by atoms with Crippen molar-refractivity contribution in [3.8, 4) is 0 Å². The highest BCUT2D eigenvalue weighted by Gasteiger charge is 2.54. The first-order chi connectivity index (χ1) is 28.5. The molecular weight excluding hydrogens is 768 g/mol. The van der Waals surface area contributed by atoms with Gasteiger partial charge in [0.2, 0.25) is 0 Å². The van der Waals surface area contributed by atoms with Crippen LogP contribution in [0.25, 0.3) is 0 Å². The monoisotopic (exact) mass is 820 g/mol. The lowest BCUT2D eigenvalue weighted by molar-refractivity contribution is -0.344. The maximum absolute atomic E-state index is 12.5. The van der Waals surface area contributed by atoms with Crippen molar-refractivity contribution >= 4 is 23.9 Å². The number of benzene rings is 3. The molecule has 0 saturated carbocycles. The Bertz CT molecular complexity index is 1770. The molecule has 2 fully saturated rings. The van der Waals surface area contributed by atoms with Crippen molar-refractivity contribution < 1.29 is 71.3 Å². The summed E-state index contributed by atoms with van der Waals surface area (Å²) in [5, 5.41) is 0. The highest BCUT2D eigenvalue weighted by molar-refractivity contribution is 5.68. The van der Waals surface area contributed by atoms with Crippen LogP contribution >= 0.6 is 0 Å². The van der Waals surface area contributed by atoms with Gasteiger partial charge in [-0.25, -0.2) is 0 Å². The first kappa shape index (κ1) is 45.1. The van der Waals surface area contributed by atoms with Gasteiger partial charge in [-0.1, -0.05) is 97.1 Å². The van der Waals surface area contributed by atoms with Crippen LogP contribution in [0.3, 0.4) is 0 Å². The van der Waals surface area contributed by atoms with Gasteiger partial charge < -0.3 is 52.1 Å². The minimum absolute atomic E-state index is 0.101. The molecule has 2 aliphatic rings. The van der Waals surface area contributed by atoms with Gasteiger partial charge in [-0.15, -0.1) is 6.58 Å². The lowest BCUT2D eigenvalue weighted by Crippen LogP contribution is -2.64. The van der Waals surface area contributed by atoms with Crippen LogP contribution in [0.1, 0.15) is 44.4 Å². The number of hydrogen-bond acceptors (Lipinski definition) is 15. The van der Waals surface area contributed by atoms with E-state index in [0.29, 0.717) is 0 Å². The van der Waals surface area contributed by atoms with Gasteiger partial charge in [-0.05, 0) is 16.7 Å². The third-order valence-corrected chi connectivity index (χ3v) is 9.20. The molecule has 2 heterocycles. The van der Waals surface area contributed by atoms with Gasteiger partial charge in [0.15, 0.2) is 30.9 Å². The molecule has 0 unspecified atom stereocenters. The quantitative estimate of drug-likeness (QED) is 0.0868. The van der Waals surface area contributed by atoms with Crippen LogP contribution < -0.4 is 0 Å². The zero-order valence-corrected chi connectivity index (χ0v) is 33.6. The maximum atomic E-state index is 12.5. The first-order valence-electron chi connectivity index (χ1n) is 19.3. The van der Waals surface area contributed by atoms with E-state index in [-0.39, 0.29) is 33.0 Å². The van der Waals surface area contributed by atoms with E-state index in [1.807, 2.05) is 91.0 Å². The van der Waals surface area contributed by atoms with Gasteiger partial charge in [-0.3, -0.25) is 19.2 Å². The first-order valence-corrected chi connectivity index (χ1v) is 19.3. The molecule has 3 aromatic rings. The van der Waals surface area contributed by atoms with E-state index in [1.165, 1.54) is 6.92 Å². The van der Waals surface area contributed by atoms with E-state index < -0.39 is 91.9 Å². The molecule has 15 nitrogen and oxygen atoms in total. The Morgan fingerprint density at radius 3 is 1.39 bits per heavy atom. The summed E-state index contributed by atoms with van der Waals surface area (Å²) in [6, 6.07) is 28.8. The van der Waals surface area contributed by atoms with Crippen molar-refractivity contribution in [2.75, 3.05) is 19.8 Å². The van der Waals surface area contributed by atoms with Crippen LogP contribution in [-0.2, 0) is 91.1 Å². The van der Waals surface area contributed by atoms with Crippen molar-refractivity contribution in [1.82, 2.24) is 0 Å². The summed E-state index contributed by atoms with van der Waals surface area (Å²) in [6.07, 6.45) is -9.89. The molecule has 0 N–H and O–H groups in total. The van der Waals surface area contributed by atoms with Crippen LogP contribution in [0, 0.1) is 0 Å². The largest absolute Gasteiger partial charge is 0.463 e. The molecule has 0 amide bonds. The number of carbonyl (C=O) groups is 4. The SMILES string of the molecule is C=CCO[C@H]1O[C@H](CO[C@@H]2O[C@H](COC(C)=O)[C@H](OC(C)=O)[C@H](OC(C)=O)[C@H]2OC(C)=O)[C@@H](OCc2ccccc2)[C@H](OCc2ccccc2)[C@H]1OCc1ccccc1. The minimum Gasteiger partial charge on any atom is -0.463 e. The normalized spacial score (nSPS) is 26.6. The highest BCUT2D eigenvalue weighted by atomic mass is 16.8. The number of rotatable bonds is 20. The van der Waals surface area contributed by atoms with Crippen molar-refractivity contribution in [2.45, 2.75) is 109 Å². The van der Waals surface area contributed by atoms with Crippen LogP contribution in [0.2, 0.25) is 0 Å². The van der Waals surface area contributed by atoms with Gasteiger partial charge >= 0.3 is 23.9 Å². The van der Waals surface area contributed by atoms with E-state index in [1.54, 1.807) is 6.08 Å². The summed E-state index contributed by atoms with van der Waals surface area (Å²) in [5.41, 5.74) is 2.68. The fraction of sp³-hybridized carbons (Fsp3) is 0.455. The predicted molar refractivity (Wildman–Crippen MR) is 208 cm³/mol. The van der Waals surface area contributed by atoms with Crippen molar-refractivity contribution in [1.29, 1.82) is 0 Å². The summed E-state index contributed by atoms with van der Waals surface area (Å²) in [6.45, 7) is 8.36. The second kappa shape index (κ2) is 23.0. The number of hydrogen-bond donors (Lipinski definition) is 0. The molecule has 0 spiro atoms. The van der Waals surface area contributed by atoms with Crippen LogP contribution in [0.4, 0.5) is 0 Å². The molecular formula is C44H52O15. The predicted octanol–water partition coefficient (Wildman–Crippen LogP) is 4.77. The molecule has 0 bridgehead atoms. The third-order valence-electron chi connectivity index (χ3n) is 9.20. The van der Waals surface area contributed by atoms with Crippen LogP contribution in [-0.4, -0.2) is 105 Å². The Morgan fingerprint density at radius 2 is 0.915 bits per heavy atom. The highest BCUT2D eigenvalue weighted by Crippen LogP contribution is 2.34. The summed E-state index contributed by atoms with van der Waals surface area (Å²) in [5.74, 6) is -2.95. The van der Waals surface area contributed by atoms with Crippen molar-refractivity contribution in [3.63, 3.8) is 0 Å². The molecule has 2 saturated heterocycles. The Balaban J connectivity index is 1.51. The fourth-order valence-corrected chi connectivity index (χ4v) is 6.69. The smallest absolute Gasteiger partial charge is 0.303 e. The third kappa shape index (κ3) is 13.8. The number of ether oxygens (including phenoxy) is 11. The zero-order valence-electron chi connectivity index (χ0n) is 33.6. The van der Waals surface area contributed by atoms with Gasteiger partial charge in [0.25, 0.3) is 0 Å². The molecule has 59 heavy (non-hydrogen) atoms. The molecule has 15 heteroatoms. The molecule has 0 radical (unpaired) electrons. The lowest BCUT2D eigenvalue weighted by atomic mass is 9.97. The second-order valence-corrected chi connectivity index (χ2v) is 13.8. The fourth-order valence-electron chi connectivity index (χ4n) is 6.69. The van der Waals surface area contributed by atoms with Crippen molar-refractivity contribution in [3.05, 3.63) is 120 Å². The van der Waals surface area contributed by atoms with Crippen LogP contribution in [0.5, 0.6) is 0 Å². The Morgan fingerprint density at radius 1 is 0.492 bits per heavy atom. The average molecular weight is 821 g/mol. The molecule has 10 atom stereocenters. The van der Waals surface area contributed by atoms with E-state index in [2.05, 4.69) is 6.58 Å². The van der Waals surface area contributed by atoms with Gasteiger partial charge in [-0.2, -0.15) is 0 Å². The molecule has 318 valence electrons. The topological polar surface area (TPSA) is 170 Å². The lowest BCUT2D eigenvalue weighted by Gasteiger charge is -2.47. The second-order valence-electron chi connectivity index (χ2n) is 13.8. The minimum atomic E-state index is -1.47. The summed E-state index contributed by atoms with van der Waals surface area (Å²) < 4.78 is 67.4. The summed E-state index contributed by atoms with van der Waals surface area (Å²) in [7, 11) is 0. The van der Waals surface area contributed by atoms with E-state index >= 15 is 0 Å². The Labute approximate surface area is 343 Å². The molecule has 5 rings (SSSR count). The van der Waals surface area contributed by atoms with Gasteiger partial charge in [0, 0.05) is 27.7 Å². The Kier molecular flexibility index (Phi) is 17.5. The zero-order chi connectivity index (χ0) is 42.1. The van der Waals surface area contributed by atoms with E-state index in [9.17, 15) is 19.2 Å². The van der Waals surface area contributed by atoms with Gasteiger partial charge in [0.05, 0.1) is 33.0 Å². The molecule has 0 aliphatic carbocycles. The molecule has 0 aromatic heterocycles. The standard InChI is InChI=1S/C44H52O15/c1-6-22-49-43-41(53-25-34-20-14-9-15-21-34)39(52-24-33-18-12-8-13-19-33)37(51-23-32-16-10-7-11-17-32)35(58-43)27-54-44-42(57-31(5)48)40(56-30(4)47)38(55-29(3)46)36(59-44)26-50-28(2)45/h6-21,35-44H,1,22-27H2,2-5H3/t35-,36-,37-,38+,39+,40+,41-,42-,43+,44-/m1/s1. The van der Waals surface area contributed by atoms with E-state index in [4.69, 9.17) is 52.1 Å². The maximum Gasteiger partial charge on any atom is 0.303 e. The number of carbonyl (C=O) groups excluding carboxylic acids is 4. The van der Waals surface area contributed by atoms with Crippen LogP contribution in [0.15, 0.2) is 104 Å². The van der Waals surface area contributed by atoms with Gasteiger partial charge in [0.1, 0.15) is 37.1 Å². The Hall–Kier alpha value is -5.00. The average Bonchev–Trinajstić information content (AvgIpc) is 3.22. The summed E-state index contributed by atoms with van der Waals surface area (Å²) in [4.78, 5) is 49.1.